The summed E-state index contributed by atoms with van der Waals surface area (Å²) >= 11 is 0. The summed E-state index contributed by atoms with van der Waals surface area (Å²) in [6, 6.07) is 18.8. The lowest BCUT2D eigenvalue weighted by Crippen LogP contribution is -2.03. The van der Waals surface area contributed by atoms with Gasteiger partial charge in [-0.15, -0.1) is 0 Å². The van der Waals surface area contributed by atoms with Crippen molar-refractivity contribution in [2.24, 2.45) is 0 Å². The number of rotatable bonds is 7. The molecule has 1 heteroatoms. The Balaban J connectivity index is 1.76. The SMILES string of the molecule is CC(C)c1ccc(CC(=O)CCCc2ccccc2)cc1. The van der Waals surface area contributed by atoms with Gasteiger partial charge in [0.2, 0.25) is 0 Å². The molecule has 110 valence electrons. The molecule has 0 amide bonds. The molecule has 0 spiro atoms. The molecule has 0 aliphatic heterocycles. The number of hydrogen-bond donors (Lipinski definition) is 0. The molecule has 2 aromatic rings. The van der Waals surface area contributed by atoms with Crippen LogP contribution in [0.4, 0.5) is 0 Å². The van der Waals surface area contributed by atoms with Gasteiger partial charge in [-0.1, -0.05) is 68.4 Å². The lowest BCUT2D eigenvalue weighted by molar-refractivity contribution is -0.118. The molecule has 0 saturated heterocycles. The largest absolute Gasteiger partial charge is 0.299 e. The third-order valence-electron chi connectivity index (χ3n) is 3.81. The summed E-state index contributed by atoms with van der Waals surface area (Å²) in [5.74, 6) is 0.879. The van der Waals surface area contributed by atoms with Gasteiger partial charge in [0.15, 0.2) is 0 Å². The second kappa shape index (κ2) is 7.78. The van der Waals surface area contributed by atoms with Crippen LogP contribution in [0.5, 0.6) is 0 Å². The minimum absolute atomic E-state index is 0.336. The summed E-state index contributed by atoms with van der Waals surface area (Å²) in [5.41, 5.74) is 3.77. The first-order chi connectivity index (χ1) is 10.1. The second-order valence-electron chi connectivity index (χ2n) is 5.95. The molecule has 0 N–H and O–H groups in total. The molecule has 2 rings (SSSR count). The number of Topliss-reactive ketones (excluding diaryl/α,β-unsaturated/α-hetero) is 1. The van der Waals surface area contributed by atoms with Crippen LogP contribution in [-0.4, -0.2) is 5.78 Å². The summed E-state index contributed by atoms with van der Waals surface area (Å²) in [7, 11) is 0. The molecule has 0 aliphatic carbocycles. The monoisotopic (exact) mass is 280 g/mol. The van der Waals surface area contributed by atoms with Crippen LogP contribution < -0.4 is 0 Å². The van der Waals surface area contributed by atoms with Crippen molar-refractivity contribution in [2.45, 2.75) is 45.4 Å². The van der Waals surface area contributed by atoms with Crippen LogP contribution in [0.25, 0.3) is 0 Å². The normalized spacial score (nSPS) is 10.8. The van der Waals surface area contributed by atoms with E-state index in [0.717, 1.165) is 18.4 Å². The molecule has 1 nitrogen and oxygen atoms in total. The Morgan fingerprint density at radius 2 is 1.57 bits per heavy atom. The van der Waals surface area contributed by atoms with E-state index >= 15 is 0 Å². The van der Waals surface area contributed by atoms with E-state index in [2.05, 4.69) is 50.2 Å². The summed E-state index contributed by atoms with van der Waals surface area (Å²) in [6.07, 6.45) is 3.15. The Bertz CT molecular complexity index is 552. The number of hydrogen-bond acceptors (Lipinski definition) is 1. The Kier molecular flexibility index (Phi) is 5.74. The predicted molar refractivity (Wildman–Crippen MR) is 88.6 cm³/mol. The van der Waals surface area contributed by atoms with Crippen LogP contribution in [0.15, 0.2) is 54.6 Å². The highest BCUT2D eigenvalue weighted by atomic mass is 16.1. The minimum Gasteiger partial charge on any atom is -0.299 e. The Labute approximate surface area is 128 Å². The fourth-order valence-electron chi connectivity index (χ4n) is 2.47. The molecule has 0 heterocycles. The fraction of sp³-hybridized carbons (Fsp3) is 0.350. The van der Waals surface area contributed by atoms with Gasteiger partial charge >= 0.3 is 0 Å². The second-order valence-corrected chi connectivity index (χ2v) is 5.95. The molecule has 0 bridgehead atoms. The smallest absolute Gasteiger partial charge is 0.137 e. The van der Waals surface area contributed by atoms with Gasteiger partial charge in [0.1, 0.15) is 5.78 Å². The number of aryl methyl sites for hydroxylation is 1. The van der Waals surface area contributed by atoms with Crippen molar-refractivity contribution in [1.29, 1.82) is 0 Å². The average molecular weight is 280 g/mol. The molecular weight excluding hydrogens is 256 g/mol. The van der Waals surface area contributed by atoms with E-state index < -0.39 is 0 Å². The fourth-order valence-corrected chi connectivity index (χ4v) is 2.47. The van der Waals surface area contributed by atoms with E-state index in [-0.39, 0.29) is 0 Å². The maximum absolute atomic E-state index is 12.0. The molecule has 0 aliphatic rings. The van der Waals surface area contributed by atoms with Gasteiger partial charge < -0.3 is 0 Å². The van der Waals surface area contributed by atoms with Crippen molar-refractivity contribution in [3.05, 3.63) is 71.3 Å². The maximum atomic E-state index is 12.0. The van der Waals surface area contributed by atoms with E-state index in [1.807, 2.05) is 18.2 Å². The van der Waals surface area contributed by atoms with Crippen molar-refractivity contribution in [3.63, 3.8) is 0 Å². The van der Waals surface area contributed by atoms with Crippen LogP contribution in [0.1, 0.15) is 49.3 Å². The van der Waals surface area contributed by atoms with Crippen LogP contribution in [0.2, 0.25) is 0 Å². The number of carbonyl (C=O) groups is 1. The topological polar surface area (TPSA) is 17.1 Å². The van der Waals surface area contributed by atoms with Crippen molar-refractivity contribution >= 4 is 5.78 Å². The summed E-state index contributed by atoms with van der Waals surface area (Å²) < 4.78 is 0. The minimum atomic E-state index is 0.336. The number of carbonyl (C=O) groups excluding carboxylic acids is 1. The molecular formula is C20H24O. The predicted octanol–water partition coefficient (Wildman–Crippen LogP) is 4.94. The zero-order chi connectivity index (χ0) is 15.1. The summed E-state index contributed by atoms with van der Waals surface area (Å²) in [5, 5.41) is 0. The quantitative estimate of drug-likeness (QED) is 0.701. The Morgan fingerprint density at radius 1 is 0.905 bits per heavy atom. The van der Waals surface area contributed by atoms with E-state index in [4.69, 9.17) is 0 Å². The summed E-state index contributed by atoms with van der Waals surface area (Å²) in [6.45, 7) is 4.37. The van der Waals surface area contributed by atoms with Crippen molar-refractivity contribution in [2.75, 3.05) is 0 Å². The number of ketones is 1. The average Bonchev–Trinajstić information content (AvgIpc) is 2.49. The highest BCUT2D eigenvalue weighted by Gasteiger charge is 2.05. The van der Waals surface area contributed by atoms with Gasteiger partial charge in [0, 0.05) is 12.8 Å². The third kappa shape index (κ3) is 5.18. The molecule has 0 unspecified atom stereocenters. The van der Waals surface area contributed by atoms with Gasteiger partial charge in [-0.25, -0.2) is 0 Å². The molecule has 0 radical (unpaired) electrons. The van der Waals surface area contributed by atoms with Crippen LogP contribution in [0.3, 0.4) is 0 Å². The Morgan fingerprint density at radius 3 is 2.19 bits per heavy atom. The highest BCUT2D eigenvalue weighted by molar-refractivity contribution is 5.80. The van der Waals surface area contributed by atoms with E-state index in [0.29, 0.717) is 24.5 Å². The van der Waals surface area contributed by atoms with Crippen molar-refractivity contribution < 1.29 is 4.79 Å². The third-order valence-corrected chi connectivity index (χ3v) is 3.81. The van der Waals surface area contributed by atoms with Crippen molar-refractivity contribution in [1.82, 2.24) is 0 Å². The number of benzene rings is 2. The molecule has 2 aromatic carbocycles. The van der Waals surface area contributed by atoms with Gasteiger partial charge in [0.25, 0.3) is 0 Å². The van der Waals surface area contributed by atoms with Gasteiger partial charge in [-0.05, 0) is 35.4 Å². The van der Waals surface area contributed by atoms with Gasteiger partial charge in [0.05, 0.1) is 0 Å². The molecule has 21 heavy (non-hydrogen) atoms. The zero-order valence-corrected chi connectivity index (χ0v) is 13.0. The molecule has 0 fully saturated rings. The lowest BCUT2D eigenvalue weighted by Gasteiger charge is -2.07. The summed E-state index contributed by atoms with van der Waals surface area (Å²) in [4.78, 5) is 12.0. The van der Waals surface area contributed by atoms with Crippen LogP contribution >= 0.6 is 0 Å². The Hall–Kier alpha value is -1.89. The first-order valence-electron chi connectivity index (χ1n) is 7.79. The zero-order valence-electron chi connectivity index (χ0n) is 13.0. The first kappa shape index (κ1) is 15.5. The van der Waals surface area contributed by atoms with Crippen LogP contribution in [-0.2, 0) is 17.6 Å². The van der Waals surface area contributed by atoms with E-state index in [1.165, 1.54) is 11.1 Å². The van der Waals surface area contributed by atoms with Gasteiger partial charge in [-0.3, -0.25) is 4.79 Å². The standard InChI is InChI=1S/C20H24O/c1-16(2)19-13-11-18(12-14-19)15-20(21)10-6-9-17-7-4-3-5-8-17/h3-5,7-8,11-14,16H,6,9-10,15H2,1-2H3. The lowest BCUT2D eigenvalue weighted by atomic mass is 9.98. The maximum Gasteiger partial charge on any atom is 0.137 e. The van der Waals surface area contributed by atoms with Gasteiger partial charge in [-0.2, -0.15) is 0 Å². The first-order valence-corrected chi connectivity index (χ1v) is 7.79. The van der Waals surface area contributed by atoms with Crippen molar-refractivity contribution in [3.8, 4) is 0 Å². The molecule has 0 aromatic heterocycles. The van der Waals surface area contributed by atoms with Crippen LogP contribution in [0, 0.1) is 0 Å². The molecule has 0 saturated carbocycles. The van der Waals surface area contributed by atoms with E-state index in [9.17, 15) is 4.79 Å². The molecule has 0 atom stereocenters. The highest BCUT2D eigenvalue weighted by Crippen LogP contribution is 2.15. The van der Waals surface area contributed by atoms with E-state index in [1.54, 1.807) is 0 Å².